The quantitative estimate of drug-likeness (QED) is 0.195. The van der Waals surface area contributed by atoms with Crippen molar-refractivity contribution in [3.05, 3.63) is 101 Å². The van der Waals surface area contributed by atoms with Crippen molar-refractivity contribution in [1.82, 2.24) is 5.32 Å². The highest BCUT2D eigenvalue weighted by Crippen LogP contribution is 2.46. The van der Waals surface area contributed by atoms with Gasteiger partial charge in [-0.25, -0.2) is 13.6 Å². The number of aliphatic carboxylic acids is 1. The Morgan fingerprint density at radius 2 is 1.70 bits per heavy atom. The van der Waals surface area contributed by atoms with Crippen molar-refractivity contribution in [2.75, 3.05) is 24.7 Å². The summed E-state index contributed by atoms with van der Waals surface area (Å²) in [5.41, 5.74) is 2.33. The molecular weight excluding hydrogens is 610 g/mol. The Bertz CT molecular complexity index is 1560. The summed E-state index contributed by atoms with van der Waals surface area (Å²) < 4.78 is 38.5. The Balaban J connectivity index is 1.27. The minimum Gasteiger partial charge on any atom is -0.480 e. The van der Waals surface area contributed by atoms with Crippen LogP contribution in [-0.4, -0.2) is 59.5 Å². The summed E-state index contributed by atoms with van der Waals surface area (Å²) >= 11 is 0. The van der Waals surface area contributed by atoms with Crippen molar-refractivity contribution < 1.29 is 42.9 Å². The van der Waals surface area contributed by atoms with Crippen LogP contribution in [0, 0.1) is 23.5 Å². The van der Waals surface area contributed by atoms with Crippen LogP contribution in [0.25, 0.3) is 0 Å². The maximum Gasteiger partial charge on any atom is 0.326 e. The second kappa shape index (κ2) is 14.7. The van der Waals surface area contributed by atoms with Gasteiger partial charge in [0.05, 0.1) is 31.3 Å². The molecule has 2 aliphatic heterocycles. The van der Waals surface area contributed by atoms with Gasteiger partial charge < -0.3 is 29.9 Å². The molecule has 11 heteroatoms. The van der Waals surface area contributed by atoms with Gasteiger partial charge in [-0.15, -0.1) is 0 Å². The van der Waals surface area contributed by atoms with Crippen molar-refractivity contribution in [3.63, 3.8) is 0 Å². The lowest BCUT2D eigenvalue weighted by Gasteiger charge is -2.48. The Morgan fingerprint density at radius 1 is 1.04 bits per heavy atom. The summed E-state index contributed by atoms with van der Waals surface area (Å²) in [6.07, 6.45) is 0.967. The molecule has 5 rings (SSSR count). The molecule has 3 aromatic carbocycles. The van der Waals surface area contributed by atoms with Gasteiger partial charge in [0.2, 0.25) is 11.8 Å². The summed E-state index contributed by atoms with van der Waals surface area (Å²) in [5.74, 6) is -3.26. The average molecular weight is 651 g/mol. The summed E-state index contributed by atoms with van der Waals surface area (Å²) in [5, 5.41) is 22.6. The number of nitrogens with zero attached hydrogens (tertiary/aromatic N) is 1. The third-order valence-electron chi connectivity index (χ3n) is 8.98. The largest absolute Gasteiger partial charge is 0.480 e. The molecule has 2 saturated heterocycles. The van der Waals surface area contributed by atoms with Crippen molar-refractivity contribution in [2.45, 2.75) is 63.3 Å². The average Bonchev–Trinajstić information content (AvgIpc) is 3.02. The van der Waals surface area contributed by atoms with Crippen LogP contribution in [0.1, 0.15) is 61.9 Å². The molecule has 0 aromatic heterocycles. The second-order valence-corrected chi connectivity index (χ2v) is 12.7. The molecule has 2 fully saturated rings. The highest BCUT2D eigenvalue weighted by molar-refractivity contribution is 6.03. The van der Waals surface area contributed by atoms with E-state index in [1.807, 2.05) is 24.3 Å². The Hall–Kier alpha value is -4.19. The zero-order valence-corrected chi connectivity index (χ0v) is 26.4. The number of benzene rings is 3. The molecule has 3 N–H and O–H groups in total. The van der Waals surface area contributed by atoms with E-state index in [4.69, 9.17) is 9.47 Å². The van der Waals surface area contributed by atoms with Crippen LogP contribution >= 0.6 is 0 Å². The minimum atomic E-state index is -1.10. The molecule has 250 valence electrons. The number of carbonyl (C=O) groups excluding carboxylic acids is 2. The van der Waals surface area contributed by atoms with Crippen LogP contribution in [-0.2, 0) is 30.3 Å². The molecule has 2 aliphatic rings. The van der Waals surface area contributed by atoms with Crippen molar-refractivity contribution in [3.8, 4) is 0 Å². The van der Waals surface area contributed by atoms with Crippen molar-refractivity contribution >= 4 is 23.5 Å². The van der Waals surface area contributed by atoms with Crippen molar-refractivity contribution in [2.24, 2.45) is 11.8 Å². The third-order valence-corrected chi connectivity index (χ3v) is 8.98. The summed E-state index contributed by atoms with van der Waals surface area (Å²) in [4.78, 5) is 39.1. The van der Waals surface area contributed by atoms with Gasteiger partial charge in [0.1, 0.15) is 29.9 Å². The number of aliphatic hydroxyl groups is 1. The second-order valence-electron chi connectivity index (χ2n) is 12.7. The van der Waals surface area contributed by atoms with Gasteiger partial charge in [0, 0.05) is 5.69 Å². The summed E-state index contributed by atoms with van der Waals surface area (Å²) in [6, 6.07) is 17.9. The zero-order valence-electron chi connectivity index (χ0n) is 26.4. The lowest BCUT2D eigenvalue weighted by atomic mass is 9.77. The maximum absolute atomic E-state index is 13.7. The van der Waals surface area contributed by atoms with Gasteiger partial charge >= 0.3 is 5.97 Å². The van der Waals surface area contributed by atoms with Crippen LogP contribution in [0.4, 0.5) is 14.5 Å². The van der Waals surface area contributed by atoms with E-state index in [0.717, 1.165) is 11.1 Å². The molecule has 4 atom stereocenters. The molecule has 0 radical (unpaired) electrons. The maximum atomic E-state index is 13.7. The van der Waals surface area contributed by atoms with Crippen LogP contribution in [0.2, 0.25) is 0 Å². The van der Waals surface area contributed by atoms with E-state index in [-0.39, 0.29) is 24.5 Å². The number of carbonyl (C=O) groups is 3. The molecule has 2 amide bonds. The number of halogens is 2. The number of aliphatic hydroxyl groups excluding tert-OH is 1. The van der Waals surface area contributed by atoms with E-state index < -0.39 is 47.2 Å². The van der Waals surface area contributed by atoms with E-state index in [9.17, 15) is 33.4 Å². The number of rotatable bonds is 15. The molecule has 0 aliphatic carbocycles. The number of amides is 2. The van der Waals surface area contributed by atoms with Crippen LogP contribution < -0.4 is 10.2 Å². The van der Waals surface area contributed by atoms with Crippen LogP contribution in [0.15, 0.2) is 72.8 Å². The van der Waals surface area contributed by atoms with Gasteiger partial charge in [-0.1, -0.05) is 50.2 Å². The highest BCUT2D eigenvalue weighted by Gasteiger charge is 2.48. The fourth-order valence-corrected chi connectivity index (χ4v) is 6.17. The molecule has 0 spiro atoms. The smallest absolute Gasteiger partial charge is 0.326 e. The number of ether oxygens (including phenoxy) is 2. The number of hydrogen-bond acceptors (Lipinski definition) is 6. The highest BCUT2D eigenvalue weighted by atomic mass is 19.1. The predicted molar refractivity (Wildman–Crippen MR) is 169 cm³/mol. The Morgan fingerprint density at radius 3 is 2.30 bits per heavy atom. The van der Waals surface area contributed by atoms with Gasteiger partial charge in [0.25, 0.3) is 0 Å². The van der Waals surface area contributed by atoms with Crippen LogP contribution in [0.3, 0.4) is 0 Å². The van der Waals surface area contributed by atoms with Gasteiger partial charge in [-0.3, -0.25) is 9.59 Å². The molecule has 3 aromatic rings. The SMILES string of the molecule is CC(C)C(NC(=O)COC1(CCc2cccc([C@@H]3[C@@H](CCC(O)c4ccc(F)cc4)C(=O)N3c3ccc(F)cc3)c2)COC1)C(=O)O. The number of nitrogens with one attached hydrogen (secondary N) is 1. The van der Waals surface area contributed by atoms with E-state index in [1.54, 1.807) is 30.9 Å². The van der Waals surface area contributed by atoms with Gasteiger partial charge in [-0.05, 0) is 84.7 Å². The monoisotopic (exact) mass is 650 g/mol. The molecule has 0 bridgehead atoms. The lowest BCUT2D eigenvalue weighted by Crippen LogP contribution is -2.55. The number of anilines is 1. The third kappa shape index (κ3) is 8.04. The minimum absolute atomic E-state index is 0.127. The zero-order chi connectivity index (χ0) is 33.7. The first kappa shape index (κ1) is 34.2. The molecule has 2 heterocycles. The van der Waals surface area contributed by atoms with E-state index in [1.165, 1.54) is 36.4 Å². The van der Waals surface area contributed by atoms with Crippen LogP contribution in [0.5, 0.6) is 0 Å². The molecule has 47 heavy (non-hydrogen) atoms. The summed E-state index contributed by atoms with van der Waals surface area (Å²) in [7, 11) is 0. The fraction of sp³-hybridized carbons (Fsp3) is 0.417. The molecule has 0 saturated carbocycles. The van der Waals surface area contributed by atoms with Gasteiger partial charge in [0.15, 0.2) is 0 Å². The number of aryl methyl sites for hydroxylation is 1. The number of β-lactam (4-membered cyclic amide) rings is 1. The summed E-state index contributed by atoms with van der Waals surface area (Å²) in [6.45, 7) is 3.75. The van der Waals surface area contributed by atoms with Gasteiger partial charge in [-0.2, -0.15) is 0 Å². The predicted octanol–water partition coefficient (Wildman–Crippen LogP) is 5.13. The standard InChI is InChI=1S/C36H40F2N2O7/c1-22(2)32(35(44)45)39-31(42)19-47-36(20-46-21-36)17-16-23-4-3-5-25(18-23)33-29(14-15-30(41)24-6-8-26(37)9-7-24)34(43)40(33)28-12-10-27(38)11-13-28/h3-13,18,22,29-30,32-33,41H,14-17,19-21H2,1-2H3,(H,39,42)(H,44,45)/t29-,30?,32?,33-/m1/s1. The topological polar surface area (TPSA) is 125 Å². The Kier molecular flexibility index (Phi) is 10.7. The normalized spacial score (nSPS) is 19.9. The molecule has 2 unspecified atom stereocenters. The lowest BCUT2D eigenvalue weighted by molar-refractivity contribution is -0.212. The Labute approximate surface area is 272 Å². The van der Waals surface area contributed by atoms with E-state index in [0.29, 0.717) is 50.1 Å². The first-order valence-corrected chi connectivity index (χ1v) is 15.8. The fourth-order valence-electron chi connectivity index (χ4n) is 6.17. The van der Waals surface area contributed by atoms with E-state index >= 15 is 0 Å². The van der Waals surface area contributed by atoms with Crippen molar-refractivity contribution in [1.29, 1.82) is 0 Å². The molecular formula is C36H40F2N2O7. The molecule has 9 nitrogen and oxygen atoms in total. The number of carboxylic acids is 1. The number of carboxylic acid groups (broad SMARTS) is 1. The number of hydrogen-bond donors (Lipinski definition) is 3. The van der Waals surface area contributed by atoms with E-state index in [2.05, 4.69) is 5.32 Å². The first-order chi connectivity index (χ1) is 22.5. The first-order valence-electron chi connectivity index (χ1n) is 15.8.